The first-order chi connectivity index (χ1) is 11.3. The van der Waals surface area contributed by atoms with Gasteiger partial charge in [-0.25, -0.2) is 4.79 Å². The Labute approximate surface area is 138 Å². The Balaban J connectivity index is 1.75. The van der Waals surface area contributed by atoms with E-state index in [2.05, 4.69) is 5.32 Å². The Morgan fingerprint density at radius 2 is 1.83 bits per heavy atom. The number of benzene rings is 1. The fourth-order valence-electron chi connectivity index (χ4n) is 3.15. The van der Waals surface area contributed by atoms with Crippen LogP contribution in [0.3, 0.4) is 0 Å². The van der Waals surface area contributed by atoms with Crippen molar-refractivity contribution in [2.75, 3.05) is 6.54 Å². The Kier molecular flexibility index (Phi) is 3.75. The van der Waals surface area contributed by atoms with Crippen molar-refractivity contribution in [2.24, 2.45) is 0 Å². The smallest absolute Gasteiger partial charge is 0.347 e. The van der Waals surface area contributed by atoms with Crippen molar-refractivity contribution in [2.45, 2.75) is 32.1 Å². The number of carbonyl (C=O) groups is 4. The average Bonchev–Trinajstić information content (AvgIpc) is 2.89. The summed E-state index contributed by atoms with van der Waals surface area (Å²) in [5.74, 6) is -2.57. The third-order valence-corrected chi connectivity index (χ3v) is 4.43. The van der Waals surface area contributed by atoms with Gasteiger partial charge < -0.3 is 20.2 Å². The number of nitrogens with zero attached hydrogens (tertiary/aromatic N) is 2. The summed E-state index contributed by atoms with van der Waals surface area (Å²) >= 11 is 0. The van der Waals surface area contributed by atoms with E-state index < -0.39 is 41.9 Å². The summed E-state index contributed by atoms with van der Waals surface area (Å²) < 4.78 is 0. The van der Waals surface area contributed by atoms with Gasteiger partial charge in [0.25, 0.3) is 5.91 Å². The van der Waals surface area contributed by atoms with Crippen LogP contribution in [0.15, 0.2) is 24.3 Å². The average molecular weight is 331 g/mol. The Morgan fingerprint density at radius 3 is 2.38 bits per heavy atom. The van der Waals surface area contributed by atoms with E-state index in [1.54, 1.807) is 24.3 Å². The lowest BCUT2D eigenvalue weighted by molar-refractivity contribution is -0.164. The minimum absolute atomic E-state index is 0.0941. The molecule has 0 aliphatic carbocycles. The lowest BCUT2D eigenvalue weighted by Gasteiger charge is -2.43. The van der Waals surface area contributed by atoms with E-state index in [-0.39, 0.29) is 6.54 Å². The Bertz CT molecular complexity index is 730. The predicted octanol–water partition coefficient (Wildman–Crippen LogP) is -0.423. The van der Waals surface area contributed by atoms with Crippen LogP contribution in [0.2, 0.25) is 0 Å². The number of nitrogens with one attached hydrogen (secondary N) is 1. The van der Waals surface area contributed by atoms with Crippen molar-refractivity contribution in [1.82, 2.24) is 15.1 Å². The van der Waals surface area contributed by atoms with Gasteiger partial charge in [0.05, 0.1) is 6.04 Å². The van der Waals surface area contributed by atoms with E-state index >= 15 is 0 Å². The molecule has 2 heterocycles. The van der Waals surface area contributed by atoms with Gasteiger partial charge in [0.2, 0.25) is 18.0 Å². The van der Waals surface area contributed by atoms with Crippen molar-refractivity contribution in [3.8, 4) is 0 Å². The molecule has 24 heavy (non-hydrogen) atoms. The highest BCUT2D eigenvalue weighted by Crippen LogP contribution is 2.32. The van der Waals surface area contributed by atoms with Crippen LogP contribution in [0.5, 0.6) is 0 Å². The lowest BCUT2D eigenvalue weighted by atomic mass is 9.96. The SMILES string of the molecule is CC(=O)N1CC2[C@H](NC(=O)c3ccc(C)cc3)C(=O)N2C1C(=O)O. The van der Waals surface area contributed by atoms with Gasteiger partial charge >= 0.3 is 5.97 Å². The number of carboxylic acid groups (broad SMARTS) is 1. The van der Waals surface area contributed by atoms with Crippen LogP contribution in [0.1, 0.15) is 22.8 Å². The highest BCUT2D eigenvalue weighted by Gasteiger charge is 2.60. The third kappa shape index (κ3) is 2.40. The molecule has 0 spiro atoms. The quantitative estimate of drug-likeness (QED) is 0.732. The maximum absolute atomic E-state index is 12.3. The van der Waals surface area contributed by atoms with Crippen LogP contribution in [0.4, 0.5) is 0 Å². The molecule has 0 radical (unpaired) electrons. The second-order valence-electron chi connectivity index (χ2n) is 6.01. The largest absolute Gasteiger partial charge is 0.478 e. The second kappa shape index (κ2) is 5.63. The summed E-state index contributed by atoms with van der Waals surface area (Å²) in [7, 11) is 0. The highest BCUT2D eigenvalue weighted by molar-refractivity contribution is 6.02. The number of rotatable bonds is 3. The Hall–Kier alpha value is -2.90. The van der Waals surface area contributed by atoms with Gasteiger partial charge in [-0.2, -0.15) is 0 Å². The topological polar surface area (TPSA) is 107 Å². The first-order valence-corrected chi connectivity index (χ1v) is 7.51. The third-order valence-electron chi connectivity index (χ3n) is 4.43. The monoisotopic (exact) mass is 331 g/mol. The van der Waals surface area contributed by atoms with E-state index in [9.17, 15) is 24.3 Å². The van der Waals surface area contributed by atoms with E-state index in [4.69, 9.17) is 0 Å². The first kappa shape index (κ1) is 16.0. The zero-order chi connectivity index (χ0) is 17.6. The molecular weight excluding hydrogens is 314 g/mol. The minimum atomic E-state index is -1.30. The van der Waals surface area contributed by atoms with Gasteiger partial charge in [0, 0.05) is 19.0 Å². The molecule has 1 aromatic carbocycles. The van der Waals surface area contributed by atoms with E-state index in [1.807, 2.05) is 6.92 Å². The number of aliphatic carboxylic acids is 1. The van der Waals surface area contributed by atoms with Gasteiger partial charge in [-0.05, 0) is 19.1 Å². The summed E-state index contributed by atoms with van der Waals surface area (Å²) in [6.45, 7) is 3.25. The predicted molar refractivity (Wildman–Crippen MR) is 81.9 cm³/mol. The molecule has 2 saturated heterocycles. The van der Waals surface area contributed by atoms with Gasteiger partial charge in [0.15, 0.2) is 0 Å². The van der Waals surface area contributed by atoms with Crippen molar-refractivity contribution in [3.05, 3.63) is 35.4 Å². The van der Waals surface area contributed by atoms with Gasteiger partial charge in [-0.15, -0.1) is 0 Å². The number of hydrogen-bond donors (Lipinski definition) is 2. The molecule has 2 aliphatic heterocycles. The van der Waals surface area contributed by atoms with Crippen molar-refractivity contribution in [1.29, 1.82) is 0 Å². The van der Waals surface area contributed by atoms with Crippen LogP contribution in [0, 0.1) is 6.92 Å². The molecule has 3 atom stereocenters. The zero-order valence-corrected chi connectivity index (χ0v) is 13.2. The van der Waals surface area contributed by atoms with Gasteiger partial charge in [-0.3, -0.25) is 14.4 Å². The summed E-state index contributed by atoms with van der Waals surface area (Å²) in [5.41, 5.74) is 1.43. The van der Waals surface area contributed by atoms with Crippen LogP contribution in [-0.2, 0) is 14.4 Å². The summed E-state index contributed by atoms with van der Waals surface area (Å²) in [5, 5.41) is 11.9. The van der Waals surface area contributed by atoms with E-state index in [1.165, 1.54) is 6.92 Å². The highest BCUT2D eigenvalue weighted by atomic mass is 16.4. The number of hydrogen-bond acceptors (Lipinski definition) is 4. The molecule has 126 valence electrons. The Morgan fingerprint density at radius 1 is 1.21 bits per heavy atom. The molecule has 8 nitrogen and oxygen atoms in total. The van der Waals surface area contributed by atoms with Crippen molar-refractivity contribution < 1.29 is 24.3 Å². The summed E-state index contributed by atoms with van der Waals surface area (Å²) in [6.07, 6.45) is -1.30. The fourth-order valence-corrected chi connectivity index (χ4v) is 3.15. The van der Waals surface area contributed by atoms with Gasteiger partial charge in [-0.1, -0.05) is 17.7 Å². The molecule has 2 unspecified atom stereocenters. The normalized spacial score (nSPS) is 25.1. The van der Waals surface area contributed by atoms with Gasteiger partial charge in [0.1, 0.15) is 6.04 Å². The van der Waals surface area contributed by atoms with E-state index in [0.29, 0.717) is 5.56 Å². The number of carboxylic acids is 1. The maximum atomic E-state index is 12.3. The molecular formula is C16H17N3O5. The molecule has 3 amide bonds. The van der Waals surface area contributed by atoms with Crippen molar-refractivity contribution >= 4 is 23.7 Å². The number of β-lactam (4-membered cyclic amide) rings is 1. The number of fused-ring (bicyclic) bond motifs is 1. The molecule has 3 rings (SSSR count). The maximum Gasteiger partial charge on any atom is 0.347 e. The molecule has 2 N–H and O–H groups in total. The van der Waals surface area contributed by atoms with Crippen LogP contribution >= 0.6 is 0 Å². The molecule has 0 bridgehead atoms. The fraction of sp³-hybridized carbons (Fsp3) is 0.375. The molecule has 1 aromatic rings. The molecule has 0 aromatic heterocycles. The van der Waals surface area contributed by atoms with E-state index in [0.717, 1.165) is 15.4 Å². The van der Waals surface area contributed by atoms with Crippen LogP contribution in [-0.4, -0.2) is 63.4 Å². The second-order valence-corrected chi connectivity index (χ2v) is 6.01. The minimum Gasteiger partial charge on any atom is -0.478 e. The first-order valence-electron chi connectivity index (χ1n) is 7.51. The molecule has 0 saturated carbocycles. The molecule has 2 aliphatic rings. The number of carbonyl (C=O) groups excluding carboxylic acids is 3. The number of amides is 3. The van der Waals surface area contributed by atoms with Crippen LogP contribution in [0.25, 0.3) is 0 Å². The standard InChI is InChI=1S/C16H17N3O5/c1-8-3-5-10(6-4-8)13(21)17-12-11-7-18(9(2)20)14(16(23)24)19(11)15(12)22/h3-6,11-12,14H,7H2,1-2H3,(H,17,21)(H,23,24)/t11?,12-,14?/m0/s1. The van der Waals surface area contributed by atoms with Crippen molar-refractivity contribution in [3.63, 3.8) is 0 Å². The van der Waals surface area contributed by atoms with Crippen LogP contribution < -0.4 is 5.32 Å². The number of aryl methyl sites for hydroxylation is 1. The molecule has 2 fully saturated rings. The molecule has 8 heteroatoms. The lowest BCUT2D eigenvalue weighted by Crippen LogP contribution is -2.71. The summed E-state index contributed by atoms with van der Waals surface area (Å²) in [6, 6.07) is 5.56. The zero-order valence-electron chi connectivity index (χ0n) is 13.2. The summed E-state index contributed by atoms with van der Waals surface area (Å²) in [4.78, 5) is 49.7.